The van der Waals surface area contributed by atoms with Crippen LogP contribution in [0.4, 0.5) is 5.82 Å². The molecule has 0 atom stereocenters. The molecule has 0 fully saturated rings. The molecule has 0 spiro atoms. The number of aromatic nitrogens is 4. The van der Waals surface area contributed by atoms with Crippen LogP contribution in [0.5, 0.6) is 0 Å². The second-order valence-electron chi connectivity index (χ2n) is 4.85. The van der Waals surface area contributed by atoms with Crippen molar-refractivity contribution in [1.82, 2.24) is 19.1 Å². The molecule has 1 aromatic carbocycles. The Balaban J connectivity index is 2.02. The predicted molar refractivity (Wildman–Crippen MR) is 79.1 cm³/mol. The third kappa shape index (κ3) is 2.07. The average Bonchev–Trinajstić information content (AvgIpc) is 2.98. The van der Waals surface area contributed by atoms with Crippen molar-refractivity contribution >= 4 is 5.82 Å². The van der Waals surface area contributed by atoms with Crippen molar-refractivity contribution in [3.05, 3.63) is 54.2 Å². The molecule has 0 aliphatic heterocycles. The minimum Gasteiger partial charge on any atom is -0.383 e. The SMILES string of the molecule is Cc1nc(-c2cncn2C)c(N)n1Cc1ccccc1. The first-order valence-electron chi connectivity index (χ1n) is 6.50. The Bertz CT molecular complexity index is 724. The molecular weight excluding hydrogens is 250 g/mol. The van der Waals surface area contributed by atoms with E-state index in [9.17, 15) is 0 Å². The molecular formula is C15H17N5. The smallest absolute Gasteiger partial charge is 0.133 e. The summed E-state index contributed by atoms with van der Waals surface area (Å²) in [6.45, 7) is 2.70. The Hall–Kier alpha value is -2.56. The number of rotatable bonds is 3. The number of hydrogen-bond acceptors (Lipinski definition) is 3. The molecule has 0 amide bonds. The first-order chi connectivity index (χ1) is 9.66. The van der Waals surface area contributed by atoms with E-state index in [1.54, 1.807) is 12.5 Å². The number of nitrogens with zero attached hydrogens (tertiary/aromatic N) is 4. The van der Waals surface area contributed by atoms with E-state index in [1.807, 2.05) is 41.3 Å². The second-order valence-corrected chi connectivity index (χ2v) is 4.85. The lowest BCUT2D eigenvalue weighted by atomic mass is 10.2. The van der Waals surface area contributed by atoms with Gasteiger partial charge in [0, 0.05) is 7.05 Å². The maximum Gasteiger partial charge on any atom is 0.133 e. The summed E-state index contributed by atoms with van der Waals surface area (Å²) < 4.78 is 3.95. The highest BCUT2D eigenvalue weighted by Gasteiger charge is 2.16. The summed E-state index contributed by atoms with van der Waals surface area (Å²) >= 11 is 0. The molecule has 3 rings (SSSR count). The van der Waals surface area contributed by atoms with Crippen LogP contribution in [-0.2, 0) is 13.6 Å². The van der Waals surface area contributed by atoms with Gasteiger partial charge in [-0.3, -0.25) is 0 Å². The molecule has 3 aromatic rings. The van der Waals surface area contributed by atoms with E-state index in [0.29, 0.717) is 5.82 Å². The number of benzene rings is 1. The van der Waals surface area contributed by atoms with Gasteiger partial charge in [0.25, 0.3) is 0 Å². The molecule has 2 N–H and O–H groups in total. The summed E-state index contributed by atoms with van der Waals surface area (Å²) in [5.41, 5.74) is 9.19. The number of anilines is 1. The third-order valence-corrected chi connectivity index (χ3v) is 3.44. The lowest BCUT2D eigenvalue weighted by molar-refractivity contribution is 0.771. The first kappa shape index (κ1) is 12.5. The zero-order chi connectivity index (χ0) is 14.1. The van der Waals surface area contributed by atoms with Crippen molar-refractivity contribution < 1.29 is 0 Å². The van der Waals surface area contributed by atoms with Crippen LogP contribution in [0.25, 0.3) is 11.4 Å². The molecule has 0 saturated carbocycles. The number of aryl methyl sites for hydroxylation is 2. The highest BCUT2D eigenvalue weighted by atomic mass is 15.2. The molecule has 0 bridgehead atoms. The number of imidazole rings is 2. The number of hydrogen-bond donors (Lipinski definition) is 1. The van der Waals surface area contributed by atoms with Gasteiger partial charge in [-0.15, -0.1) is 0 Å². The van der Waals surface area contributed by atoms with E-state index in [1.165, 1.54) is 5.56 Å². The molecule has 0 aliphatic rings. The van der Waals surface area contributed by atoms with Gasteiger partial charge in [0.05, 0.1) is 24.8 Å². The van der Waals surface area contributed by atoms with Crippen molar-refractivity contribution in [3.63, 3.8) is 0 Å². The zero-order valence-corrected chi connectivity index (χ0v) is 11.6. The molecule has 0 aliphatic carbocycles. The molecule has 0 radical (unpaired) electrons. The van der Waals surface area contributed by atoms with Crippen LogP contribution in [0.15, 0.2) is 42.9 Å². The standard InChI is InChI=1S/C15H17N5/c1-11-18-14(13-8-17-10-19(13)2)15(16)20(11)9-12-6-4-3-5-7-12/h3-8,10H,9,16H2,1-2H3. The maximum atomic E-state index is 6.27. The quantitative estimate of drug-likeness (QED) is 0.791. The lowest BCUT2D eigenvalue weighted by Gasteiger charge is -2.08. The topological polar surface area (TPSA) is 61.7 Å². The largest absolute Gasteiger partial charge is 0.383 e. The summed E-state index contributed by atoms with van der Waals surface area (Å²) in [5, 5.41) is 0. The van der Waals surface area contributed by atoms with Crippen molar-refractivity contribution in [2.24, 2.45) is 7.05 Å². The Labute approximate surface area is 117 Å². The molecule has 2 heterocycles. The van der Waals surface area contributed by atoms with Gasteiger partial charge in [0.1, 0.15) is 17.3 Å². The van der Waals surface area contributed by atoms with Gasteiger partial charge in [-0.1, -0.05) is 30.3 Å². The fourth-order valence-corrected chi connectivity index (χ4v) is 2.32. The van der Waals surface area contributed by atoms with Gasteiger partial charge in [-0.05, 0) is 12.5 Å². The van der Waals surface area contributed by atoms with Crippen molar-refractivity contribution in [2.45, 2.75) is 13.5 Å². The van der Waals surface area contributed by atoms with E-state index < -0.39 is 0 Å². The van der Waals surface area contributed by atoms with Crippen LogP contribution >= 0.6 is 0 Å². The minimum absolute atomic E-state index is 0.676. The van der Waals surface area contributed by atoms with Crippen LogP contribution in [0.3, 0.4) is 0 Å². The summed E-state index contributed by atoms with van der Waals surface area (Å²) in [4.78, 5) is 8.71. The normalized spacial score (nSPS) is 10.9. The predicted octanol–water partition coefficient (Wildman–Crippen LogP) is 2.22. The second kappa shape index (κ2) is 4.85. The highest BCUT2D eigenvalue weighted by Crippen LogP contribution is 2.26. The molecule has 0 saturated heterocycles. The molecule has 2 aromatic heterocycles. The fraction of sp³-hybridized carbons (Fsp3) is 0.200. The van der Waals surface area contributed by atoms with E-state index >= 15 is 0 Å². The molecule has 102 valence electrons. The summed E-state index contributed by atoms with van der Waals surface area (Å²) in [5.74, 6) is 1.58. The van der Waals surface area contributed by atoms with E-state index in [0.717, 1.165) is 23.8 Å². The monoisotopic (exact) mass is 267 g/mol. The van der Waals surface area contributed by atoms with Crippen LogP contribution in [0.1, 0.15) is 11.4 Å². The summed E-state index contributed by atoms with van der Waals surface area (Å²) in [6, 6.07) is 10.2. The Morgan fingerprint density at radius 1 is 1.20 bits per heavy atom. The first-order valence-corrected chi connectivity index (χ1v) is 6.50. The number of nitrogens with two attached hydrogens (primary N) is 1. The summed E-state index contributed by atoms with van der Waals surface area (Å²) in [6.07, 6.45) is 3.53. The van der Waals surface area contributed by atoms with E-state index in [4.69, 9.17) is 5.73 Å². The van der Waals surface area contributed by atoms with Gasteiger partial charge in [-0.25, -0.2) is 9.97 Å². The molecule has 20 heavy (non-hydrogen) atoms. The Kier molecular flexibility index (Phi) is 3.02. The van der Waals surface area contributed by atoms with Crippen LogP contribution < -0.4 is 5.73 Å². The van der Waals surface area contributed by atoms with Crippen molar-refractivity contribution in [2.75, 3.05) is 5.73 Å². The van der Waals surface area contributed by atoms with Gasteiger partial charge < -0.3 is 14.9 Å². The number of nitrogen functional groups attached to an aromatic ring is 1. The van der Waals surface area contributed by atoms with E-state index in [-0.39, 0.29) is 0 Å². The van der Waals surface area contributed by atoms with Crippen LogP contribution in [0, 0.1) is 6.92 Å². The maximum absolute atomic E-state index is 6.27. The zero-order valence-electron chi connectivity index (χ0n) is 11.6. The average molecular weight is 267 g/mol. The van der Waals surface area contributed by atoms with E-state index in [2.05, 4.69) is 22.1 Å². The van der Waals surface area contributed by atoms with Gasteiger partial charge in [0.15, 0.2) is 0 Å². The van der Waals surface area contributed by atoms with Gasteiger partial charge in [-0.2, -0.15) is 0 Å². The fourth-order valence-electron chi connectivity index (χ4n) is 2.32. The molecule has 5 heteroatoms. The Morgan fingerprint density at radius 3 is 2.60 bits per heavy atom. The third-order valence-electron chi connectivity index (χ3n) is 3.44. The summed E-state index contributed by atoms with van der Waals surface area (Å²) in [7, 11) is 1.94. The van der Waals surface area contributed by atoms with Crippen LogP contribution in [-0.4, -0.2) is 19.1 Å². The minimum atomic E-state index is 0.676. The Morgan fingerprint density at radius 2 is 1.95 bits per heavy atom. The van der Waals surface area contributed by atoms with Crippen molar-refractivity contribution in [3.8, 4) is 11.4 Å². The van der Waals surface area contributed by atoms with Gasteiger partial charge >= 0.3 is 0 Å². The van der Waals surface area contributed by atoms with Crippen LogP contribution in [0.2, 0.25) is 0 Å². The van der Waals surface area contributed by atoms with Gasteiger partial charge in [0.2, 0.25) is 0 Å². The molecule has 0 unspecified atom stereocenters. The highest BCUT2D eigenvalue weighted by molar-refractivity contribution is 5.68. The van der Waals surface area contributed by atoms with Crippen molar-refractivity contribution in [1.29, 1.82) is 0 Å². The molecule has 5 nitrogen and oxygen atoms in total. The lowest BCUT2D eigenvalue weighted by Crippen LogP contribution is -2.06.